The molecule has 1 N–H and O–H groups in total. The van der Waals surface area contributed by atoms with E-state index in [1.165, 1.54) is 29.2 Å². The molecule has 0 spiro atoms. The first-order valence-electron chi connectivity index (χ1n) is 9.94. The van der Waals surface area contributed by atoms with Crippen molar-refractivity contribution >= 4 is 46.2 Å². The van der Waals surface area contributed by atoms with Crippen molar-refractivity contribution in [1.29, 1.82) is 0 Å². The molecule has 7 heteroatoms. The largest absolute Gasteiger partial charge is 0.325 e. The van der Waals surface area contributed by atoms with E-state index >= 15 is 0 Å². The van der Waals surface area contributed by atoms with Gasteiger partial charge in [0.2, 0.25) is 5.91 Å². The Balaban J connectivity index is 1.55. The number of anilines is 2. The van der Waals surface area contributed by atoms with Gasteiger partial charge in [0.05, 0.1) is 11.4 Å². The Kier molecular flexibility index (Phi) is 6.47. The summed E-state index contributed by atoms with van der Waals surface area (Å²) in [7, 11) is 0. The van der Waals surface area contributed by atoms with Gasteiger partial charge in [-0.3, -0.25) is 14.5 Å². The van der Waals surface area contributed by atoms with Crippen molar-refractivity contribution in [2.45, 2.75) is 6.92 Å². The van der Waals surface area contributed by atoms with Crippen LogP contribution in [0.25, 0.3) is 6.08 Å². The van der Waals surface area contributed by atoms with Gasteiger partial charge in [-0.15, -0.1) is 0 Å². The summed E-state index contributed by atoms with van der Waals surface area (Å²) >= 11 is 1.15. The number of aryl methyl sites for hydroxylation is 1. The Morgan fingerprint density at radius 3 is 2.41 bits per heavy atom. The molecule has 0 aromatic heterocycles. The van der Waals surface area contributed by atoms with Crippen LogP contribution >= 0.6 is 11.8 Å². The fourth-order valence-corrected chi connectivity index (χ4v) is 3.89. The molecule has 0 aliphatic carbocycles. The number of rotatable bonds is 5. The normalized spacial score (nSPS) is 14.6. The number of nitrogens with zero attached hydrogens (tertiary/aromatic N) is 2. The van der Waals surface area contributed by atoms with Gasteiger partial charge in [0.1, 0.15) is 11.5 Å². The van der Waals surface area contributed by atoms with Crippen molar-refractivity contribution in [3.8, 4) is 0 Å². The highest BCUT2D eigenvalue weighted by Gasteiger charge is 2.32. The molecule has 0 fully saturated rings. The summed E-state index contributed by atoms with van der Waals surface area (Å²) in [6.45, 7) is 1.97. The highest BCUT2D eigenvalue weighted by molar-refractivity contribution is 8.14. The molecule has 0 bridgehead atoms. The first-order chi connectivity index (χ1) is 15.5. The summed E-state index contributed by atoms with van der Waals surface area (Å²) in [6, 6.07) is 22.5. The molecule has 0 saturated heterocycles. The minimum absolute atomic E-state index is 0.0658. The number of amidine groups is 1. The minimum Gasteiger partial charge on any atom is -0.325 e. The fraction of sp³-hybridized carbons (Fsp3) is 0.0800. The summed E-state index contributed by atoms with van der Waals surface area (Å²) in [5, 5.41) is 3.20. The molecular weight excluding hydrogens is 425 g/mol. The summed E-state index contributed by atoms with van der Waals surface area (Å²) in [4.78, 5) is 31.4. The van der Waals surface area contributed by atoms with Crippen molar-refractivity contribution in [2.24, 2.45) is 4.99 Å². The van der Waals surface area contributed by atoms with Gasteiger partial charge in [0.15, 0.2) is 5.17 Å². The molecule has 0 radical (unpaired) electrons. The van der Waals surface area contributed by atoms with Crippen LogP contribution in [0.15, 0.2) is 89.6 Å². The van der Waals surface area contributed by atoms with E-state index in [4.69, 9.17) is 0 Å². The van der Waals surface area contributed by atoms with E-state index in [9.17, 15) is 14.0 Å². The number of halogens is 1. The number of hydrogen-bond acceptors (Lipinski definition) is 4. The predicted molar refractivity (Wildman–Crippen MR) is 128 cm³/mol. The highest BCUT2D eigenvalue weighted by Crippen LogP contribution is 2.29. The molecule has 1 aliphatic heterocycles. The Morgan fingerprint density at radius 1 is 1.03 bits per heavy atom. The van der Waals surface area contributed by atoms with Crippen molar-refractivity contribution < 1.29 is 14.0 Å². The summed E-state index contributed by atoms with van der Waals surface area (Å²) in [5.74, 6) is -0.879. The molecule has 3 aromatic rings. The SMILES string of the molecule is Cc1ccc(NC(=O)CSC2=NC(=Cc3ccccc3)C(=O)N2c2ccc(F)cc2)cc1. The lowest BCUT2D eigenvalue weighted by Gasteiger charge is -2.17. The first-order valence-corrected chi connectivity index (χ1v) is 10.9. The van der Waals surface area contributed by atoms with Crippen LogP contribution in [0.1, 0.15) is 11.1 Å². The molecule has 160 valence electrons. The Hall–Kier alpha value is -3.71. The molecule has 4 rings (SSSR count). The van der Waals surface area contributed by atoms with Gasteiger partial charge >= 0.3 is 0 Å². The monoisotopic (exact) mass is 445 g/mol. The standard InChI is InChI=1S/C25H20FN3O2S/c1-17-7-11-20(12-8-17)27-23(30)16-32-25-28-22(15-18-5-3-2-4-6-18)24(31)29(25)21-13-9-19(26)10-14-21/h2-15H,16H2,1H3,(H,27,30). The van der Waals surface area contributed by atoms with Crippen molar-refractivity contribution in [3.05, 3.63) is 102 Å². The number of carbonyl (C=O) groups excluding carboxylic acids is 2. The first kappa shape index (κ1) is 21.5. The number of amides is 2. The van der Waals surface area contributed by atoms with E-state index in [-0.39, 0.29) is 23.3 Å². The minimum atomic E-state index is -0.399. The molecule has 2 amide bonds. The van der Waals surface area contributed by atoms with E-state index < -0.39 is 5.82 Å². The van der Waals surface area contributed by atoms with Gasteiger partial charge in [-0.1, -0.05) is 59.8 Å². The molecule has 1 aliphatic rings. The fourth-order valence-electron chi connectivity index (χ4n) is 3.08. The topological polar surface area (TPSA) is 61.8 Å². The molecule has 1 heterocycles. The van der Waals surface area contributed by atoms with Gasteiger partial charge in [-0.2, -0.15) is 0 Å². The van der Waals surface area contributed by atoms with Crippen molar-refractivity contribution in [3.63, 3.8) is 0 Å². The number of aliphatic imine (C=N–C) groups is 1. The lowest BCUT2D eigenvalue weighted by atomic mass is 10.2. The van der Waals surface area contributed by atoms with Crippen molar-refractivity contribution in [2.75, 3.05) is 16.0 Å². The summed E-state index contributed by atoms with van der Waals surface area (Å²) < 4.78 is 13.4. The van der Waals surface area contributed by atoms with E-state index in [1.54, 1.807) is 6.08 Å². The molecule has 5 nitrogen and oxygen atoms in total. The third-order valence-corrected chi connectivity index (χ3v) is 5.62. The second-order valence-electron chi connectivity index (χ2n) is 7.15. The van der Waals surface area contributed by atoms with Crippen LogP contribution in [0.2, 0.25) is 0 Å². The third kappa shape index (κ3) is 5.12. The molecule has 0 saturated carbocycles. The zero-order valence-electron chi connectivity index (χ0n) is 17.3. The van der Waals surface area contributed by atoms with Crippen LogP contribution < -0.4 is 10.2 Å². The number of hydrogen-bond donors (Lipinski definition) is 1. The summed E-state index contributed by atoms with van der Waals surface area (Å²) in [6.07, 6.45) is 1.69. The lowest BCUT2D eigenvalue weighted by Crippen LogP contribution is -2.31. The number of thioether (sulfide) groups is 1. The maximum atomic E-state index is 13.4. The average molecular weight is 446 g/mol. The van der Waals surface area contributed by atoms with E-state index in [0.717, 1.165) is 22.9 Å². The Labute approximate surface area is 189 Å². The Morgan fingerprint density at radius 2 is 1.72 bits per heavy atom. The second kappa shape index (κ2) is 9.62. The van der Waals surface area contributed by atoms with E-state index in [2.05, 4.69) is 10.3 Å². The van der Waals surface area contributed by atoms with Crippen LogP contribution in [-0.4, -0.2) is 22.7 Å². The zero-order valence-corrected chi connectivity index (χ0v) is 18.1. The van der Waals surface area contributed by atoms with Gasteiger partial charge in [0.25, 0.3) is 5.91 Å². The maximum absolute atomic E-state index is 13.4. The third-order valence-electron chi connectivity index (χ3n) is 4.69. The molecular formula is C25H20FN3O2S. The smallest absolute Gasteiger partial charge is 0.283 e. The van der Waals surface area contributed by atoms with E-state index in [0.29, 0.717) is 16.5 Å². The van der Waals surface area contributed by atoms with Gasteiger partial charge < -0.3 is 5.32 Å². The number of benzene rings is 3. The van der Waals surface area contributed by atoms with Gasteiger partial charge in [-0.25, -0.2) is 9.38 Å². The zero-order chi connectivity index (χ0) is 22.5. The van der Waals surface area contributed by atoms with Crippen molar-refractivity contribution in [1.82, 2.24) is 0 Å². The molecule has 3 aromatic carbocycles. The van der Waals surface area contributed by atoms with Crippen LogP contribution in [0.4, 0.5) is 15.8 Å². The number of nitrogens with one attached hydrogen (secondary N) is 1. The van der Waals surface area contributed by atoms with Gasteiger partial charge in [-0.05, 0) is 55.0 Å². The number of carbonyl (C=O) groups is 2. The molecule has 32 heavy (non-hydrogen) atoms. The van der Waals surface area contributed by atoms with Crippen LogP contribution in [0, 0.1) is 12.7 Å². The van der Waals surface area contributed by atoms with Gasteiger partial charge in [0, 0.05) is 5.69 Å². The van der Waals surface area contributed by atoms with Crippen LogP contribution in [0.3, 0.4) is 0 Å². The van der Waals surface area contributed by atoms with Crippen LogP contribution in [-0.2, 0) is 9.59 Å². The lowest BCUT2D eigenvalue weighted by molar-refractivity contribution is -0.114. The second-order valence-corrected chi connectivity index (χ2v) is 8.10. The average Bonchev–Trinajstić information content (AvgIpc) is 3.10. The molecule has 0 unspecified atom stereocenters. The van der Waals surface area contributed by atoms with Crippen LogP contribution in [0.5, 0.6) is 0 Å². The highest BCUT2D eigenvalue weighted by atomic mass is 32.2. The van der Waals surface area contributed by atoms with E-state index in [1.807, 2.05) is 61.5 Å². The molecule has 0 atom stereocenters. The predicted octanol–water partition coefficient (Wildman–Crippen LogP) is 5.25. The maximum Gasteiger partial charge on any atom is 0.283 e. The quantitative estimate of drug-likeness (QED) is 0.546. The summed E-state index contributed by atoms with van der Waals surface area (Å²) in [5.41, 5.74) is 3.37. The Bertz CT molecular complexity index is 1190.